The van der Waals surface area contributed by atoms with Crippen molar-refractivity contribution in [3.05, 3.63) is 0 Å². The number of ether oxygens (including phenoxy) is 1. The van der Waals surface area contributed by atoms with Crippen LogP contribution in [0.25, 0.3) is 0 Å². The second kappa shape index (κ2) is 7.18. The summed E-state index contributed by atoms with van der Waals surface area (Å²) in [5.41, 5.74) is 0. The molecule has 2 aliphatic rings. The fraction of sp³-hybridized carbons (Fsp3) is 0.867. The summed E-state index contributed by atoms with van der Waals surface area (Å²) in [5.74, 6) is -0.556. The van der Waals surface area contributed by atoms with E-state index in [4.69, 9.17) is 4.74 Å². The molecule has 1 heterocycles. The van der Waals surface area contributed by atoms with Crippen molar-refractivity contribution in [2.75, 3.05) is 6.61 Å². The molecule has 0 aromatic rings. The van der Waals surface area contributed by atoms with Crippen molar-refractivity contribution in [1.29, 1.82) is 0 Å². The van der Waals surface area contributed by atoms with Crippen LogP contribution in [0.3, 0.4) is 0 Å². The third-order valence-electron chi connectivity index (χ3n) is 4.71. The molecule has 1 aliphatic carbocycles. The first-order chi connectivity index (χ1) is 9.95. The summed E-state index contributed by atoms with van der Waals surface area (Å²) >= 11 is 0. The van der Waals surface area contributed by atoms with Crippen LogP contribution in [0.2, 0.25) is 0 Å². The summed E-state index contributed by atoms with van der Waals surface area (Å²) in [6.07, 6.45) is 2.33. The van der Waals surface area contributed by atoms with E-state index in [1.54, 1.807) is 6.92 Å². The van der Waals surface area contributed by atoms with Gasteiger partial charge in [-0.05, 0) is 24.7 Å². The fourth-order valence-electron chi connectivity index (χ4n) is 3.49. The maximum Gasteiger partial charge on any atom is 0.407 e. The van der Waals surface area contributed by atoms with E-state index in [-0.39, 0.29) is 12.1 Å². The molecule has 21 heavy (non-hydrogen) atoms. The van der Waals surface area contributed by atoms with Crippen molar-refractivity contribution < 1.29 is 23.1 Å². The van der Waals surface area contributed by atoms with E-state index < -0.39 is 18.1 Å². The molecule has 2 fully saturated rings. The molecule has 120 valence electrons. The number of cyclic esters (lactones) is 1. The van der Waals surface area contributed by atoms with E-state index in [1.165, 1.54) is 0 Å². The predicted molar refractivity (Wildman–Crippen MR) is 73.1 cm³/mol. The topological polar surface area (TPSA) is 55.4 Å². The zero-order valence-corrected chi connectivity index (χ0v) is 12.3. The Morgan fingerprint density at radius 2 is 1.90 bits per heavy atom. The number of Topliss-reactive ketones (excluding diaryl/α,β-unsaturated/α-hetero) is 1. The summed E-state index contributed by atoms with van der Waals surface area (Å²) in [6.45, 7) is 2.05. The minimum Gasteiger partial charge on any atom is -0.447 e. The molecule has 1 amide bonds. The van der Waals surface area contributed by atoms with Crippen molar-refractivity contribution in [3.63, 3.8) is 0 Å². The lowest BCUT2D eigenvalue weighted by Gasteiger charge is -2.30. The Balaban J connectivity index is 1.68. The average Bonchev–Trinajstić information content (AvgIpc) is 2.85. The van der Waals surface area contributed by atoms with Crippen molar-refractivity contribution in [1.82, 2.24) is 5.32 Å². The third-order valence-corrected chi connectivity index (χ3v) is 4.71. The van der Waals surface area contributed by atoms with E-state index in [2.05, 4.69) is 5.32 Å². The lowest BCUT2D eigenvalue weighted by molar-refractivity contribution is -0.133. The van der Waals surface area contributed by atoms with Gasteiger partial charge in [-0.3, -0.25) is 4.79 Å². The van der Waals surface area contributed by atoms with Crippen LogP contribution in [-0.2, 0) is 9.53 Å². The molecule has 0 bridgehead atoms. The Hall–Kier alpha value is -1.20. The highest BCUT2D eigenvalue weighted by atomic mass is 19.3. The van der Waals surface area contributed by atoms with Crippen molar-refractivity contribution in [2.24, 2.45) is 17.8 Å². The zero-order chi connectivity index (χ0) is 15.4. The highest BCUT2D eigenvalue weighted by Crippen LogP contribution is 2.35. The Kier molecular flexibility index (Phi) is 5.53. The summed E-state index contributed by atoms with van der Waals surface area (Å²) in [7, 11) is 0. The van der Waals surface area contributed by atoms with Crippen LogP contribution in [0.1, 0.15) is 45.4 Å². The molecule has 6 heteroatoms. The Labute approximate surface area is 123 Å². The van der Waals surface area contributed by atoms with Gasteiger partial charge in [0.1, 0.15) is 6.61 Å². The number of hydrogen-bond donors (Lipinski definition) is 1. The van der Waals surface area contributed by atoms with E-state index in [0.717, 1.165) is 32.1 Å². The first-order valence-electron chi connectivity index (χ1n) is 7.71. The van der Waals surface area contributed by atoms with Crippen LogP contribution in [0.4, 0.5) is 13.6 Å². The largest absolute Gasteiger partial charge is 0.447 e. The first kappa shape index (κ1) is 16.2. The molecule has 1 aliphatic heterocycles. The van der Waals surface area contributed by atoms with Crippen molar-refractivity contribution in [2.45, 2.75) is 57.9 Å². The number of rotatable bonds is 6. The fourth-order valence-corrected chi connectivity index (χ4v) is 3.49. The maximum absolute atomic E-state index is 12.4. The second-order valence-corrected chi connectivity index (χ2v) is 6.40. The summed E-state index contributed by atoms with van der Waals surface area (Å²) in [4.78, 5) is 22.2. The van der Waals surface area contributed by atoms with Crippen molar-refractivity contribution in [3.8, 4) is 0 Å². The minimum atomic E-state index is -2.85. The first-order valence-corrected chi connectivity index (χ1v) is 7.71. The van der Waals surface area contributed by atoms with Gasteiger partial charge >= 0.3 is 6.09 Å². The molecular formula is C15H23F2NO3. The molecule has 1 saturated carbocycles. The number of hydrogen-bond acceptors (Lipinski definition) is 3. The highest BCUT2D eigenvalue weighted by Gasteiger charge is 2.30. The monoisotopic (exact) mass is 303 g/mol. The smallest absolute Gasteiger partial charge is 0.407 e. The predicted octanol–water partition coefficient (Wildman–Crippen LogP) is 3.15. The van der Waals surface area contributed by atoms with Crippen LogP contribution < -0.4 is 5.32 Å². The quantitative estimate of drug-likeness (QED) is 0.820. The third kappa shape index (κ3) is 4.64. The van der Waals surface area contributed by atoms with E-state index in [0.29, 0.717) is 24.9 Å². The molecule has 1 N–H and O–H groups in total. The van der Waals surface area contributed by atoms with Gasteiger partial charge in [0.15, 0.2) is 0 Å². The molecule has 1 unspecified atom stereocenters. The number of carbonyl (C=O) groups is 2. The molecule has 1 saturated heterocycles. The van der Waals surface area contributed by atoms with Gasteiger partial charge in [-0.15, -0.1) is 0 Å². The van der Waals surface area contributed by atoms with E-state index in [9.17, 15) is 18.4 Å². The van der Waals surface area contributed by atoms with Gasteiger partial charge in [0.05, 0.1) is 6.04 Å². The van der Waals surface area contributed by atoms with Gasteiger partial charge in [-0.2, -0.15) is 0 Å². The van der Waals surface area contributed by atoms with Gasteiger partial charge < -0.3 is 10.1 Å². The number of halogens is 2. The molecule has 0 aromatic carbocycles. The van der Waals surface area contributed by atoms with Gasteiger partial charge in [-0.1, -0.05) is 32.6 Å². The standard InChI is InChI=1S/C15H23F2NO3/c1-9(13(19)14(16)17)6-10-2-4-11(5-3-10)7-12-8-21-15(20)18-12/h9-12,14H,2-8H2,1H3,(H,18,20)/t9?,10?,11?,12-/m0/s1. The summed E-state index contributed by atoms with van der Waals surface area (Å²) in [5, 5.41) is 2.78. The van der Waals surface area contributed by atoms with Crippen LogP contribution >= 0.6 is 0 Å². The normalized spacial score (nSPS) is 30.9. The number of amides is 1. The van der Waals surface area contributed by atoms with E-state index >= 15 is 0 Å². The molecular weight excluding hydrogens is 280 g/mol. The number of nitrogens with one attached hydrogen (secondary N) is 1. The lowest BCUT2D eigenvalue weighted by Crippen LogP contribution is -2.30. The Morgan fingerprint density at radius 3 is 2.43 bits per heavy atom. The van der Waals surface area contributed by atoms with Crippen molar-refractivity contribution >= 4 is 11.9 Å². The van der Waals surface area contributed by atoms with Crippen LogP contribution in [-0.4, -0.2) is 31.0 Å². The van der Waals surface area contributed by atoms with Gasteiger partial charge in [-0.25, -0.2) is 13.6 Å². The molecule has 2 atom stereocenters. The molecule has 0 spiro atoms. The number of ketones is 1. The minimum absolute atomic E-state index is 0.110. The van der Waals surface area contributed by atoms with Gasteiger partial charge in [0.25, 0.3) is 6.43 Å². The van der Waals surface area contributed by atoms with E-state index in [1.807, 2.05) is 0 Å². The number of carbonyl (C=O) groups excluding carboxylic acids is 2. The summed E-state index contributed by atoms with van der Waals surface area (Å²) in [6, 6.07) is 0.110. The summed E-state index contributed by atoms with van der Waals surface area (Å²) < 4.78 is 29.6. The van der Waals surface area contributed by atoms with Crippen LogP contribution in [0.5, 0.6) is 0 Å². The molecule has 4 nitrogen and oxygen atoms in total. The second-order valence-electron chi connectivity index (χ2n) is 6.40. The van der Waals surface area contributed by atoms with Gasteiger partial charge in [0, 0.05) is 5.92 Å². The zero-order valence-electron chi connectivity index (χ0n) is 12.3. The Morgan fingerprint density at radius 1 is 1.29 bits per heavy atom. The number of alkyl carbamates (subject to hydrolysis) is 1. The molecule has 0 radical (unpaired) electrons. The number of alkyl halides is 2. The SMILES string of the molecule is CC(CC1CCC(C[C@H]2COC(=O)N2)CC1)C(=O)C(F)F. The molecule has 2 rings (SSSR count). The van der Waals surface area contributed by atoms with Crippen LogP contribution in [0.15, 0.2) is 0 Å². The highest BCUT2D eigenvalue weighted by molar-refractivity contribution is 5.83. The average molecular weight is 303 g/mol. The maximum atomic E-state index is 12.4. The molecule has 0 aromatic heterocycles. The Bertz CT molecular complexity index is 381. The van der Waals surface area contributed by atoms with Gasteiger partial charge in [0.2, 0.25) is 5.78 Å². The van der Waals surface area contributed by atoms with Crippen LogP contribution in [0, 0.1) is 17.8 Å². The lowest BCUT2D eigenvalue weighted by atomic mass is 9.76.